The van der Waals surface area contributed by atoms with Crippen LogP contribution in [0.2, 0.25) is 0 Å². The van der Waals surface area contributed by atoms with Gasteiger partial charge in [0.05, 0.1) is 50.8 Å². The number of fused-ring (bicyclic) bond motifs is 9. The van der Waals surface area contributed by atoms with Crippen molar-refractivity contribution in [2.45, 2.75) is 19.9 Å². The summed E-state index contributed by atoms with van der Waals surface area (Å²) in [5.41, 5.74) is 9.96. The summed E-state index contributed by atoms with van der Waals surface area (Å²) in [6.07, 6.45) is 0. The molecular weight excluding hydrogens is 464 g/mol. The second kappa shape index (κ2) is 7.50. The lowest BCUT2D eigenvalue weighted by Crippen LogP contribution is -2.29. The van der Waals surface area contributed by atoms with Gasteiger partial charge in [0.25, 0.3) is 0 Å². The van der Waals surface area contributed by atoms with E-state index >= 15 is 0 Å². The molecule has 0 saturated carbocycles. The second-order valence-corrected chi connectivity index (χ2v) is 10.3. The predicted molar refractivity (Wildman–Crippen MR) is 157 cm³/mol. The number of aromatic nitrogens is 2. The van der Waals surface area contributed by atoms with E-state index in [2.05, 4.69) is 125 Å². The van der Waals surface area contributed by atoms with E-state index in [1.54, 1.807) is 0 Å². The molecule has 1 aliphatic rings. The highest BCUT2D eigenvalue weighted by Crippen LogP contribution is 2.51. The number of nitrogens with zero attached hydrogens (tertiary/aromatic N) is 4. The Balaban J connectivity index is 1.68. The lowest BCUT2D eigenvalue weighted by molar-refractivity contribution is 0.781. The molecule has 8 rings (SSSR count). The zero-order valence-electron chi connectivity index (χ0n) is 21.2. The van der Waals surface area contributed by atoms with Crippen molar-refractivity contribution in [3.63, 3.8) is 0 Å². The normalized spacial score (nSPS) is 12.6. The minimum atomic E-state index is 0.199. The van der Waals surface area contributed by atoms with Gasteiger partial charge in [-0.25, -0.2) is 0 Å². The predicted octanol–water partition coefficient (Wildman–Crippen LogP) is 8.61. The number of para-hydroxylation sites is 3. The minimum absolute atomic E-state index is 0.199. The topological polar surface area (TPSA) is 36.9 Å². The third kappa shape index (κ3) is 2.58. The van der Waals surface area contributed by atoms with Crippen molar-refractivity contribution in [1.29, 1.82) is 5.26 Å². The highest BCUT2D eigenvalue weighted by Gasteiger charge is 2.32. The van der Waals surface area contributed by atoms with Gasteiger partial charge in [0.1, 0.15) is 0 Å². The Bertz CT molecular complexity index is 2120. The first kappa shape index (κ1) is 21.1. The van der Waals surface area contributed by atoms with Gasteiger partial charge in [0.2, 0.25) is 0 Å². The third-order valence-electron chi connectivity index (χ3n) is 7.95. The Kier molecular flexibility index (Phi) is 4.17. The van der Waals surface area contributed by atoms with Crippen LogP contribution in [-0.2, 0) is 0 Å². The Labute approximate surface area is 220 Å². The van der Waals surface area contributed by atoms with E-state index in [4.69, 9.17) is 0 Å². The number of benzene rings is 5. The molecule has 0 fully saturated rings. The number of hydrogen-bond donors (Lipinski definition) is 0. The van der Waals surface area contributed by atoms with Crippen LogP contribution in [0.1, 0.15) is 19.4 Å². The van der Waals surface area contributed by atoms with E-state index in [1.165, 1.54) is 49.3 Å². The average molecular weight is 489 g/mol. The van der Waals surface area contributed by atoms with E-state index in [1.807, 2.05) is 12.1 Å². The first-order chi connectivity index (χ1) is 18.7. The Morgan fingerprint density at radius 2 is 1.26 bits per heavy atom. The van der Waals surface area contributed by atoms with Crippen molar-refractivity contribution in [3.8, 4) is 17.4 Å². The van der Waals surface area contributed by atoms with Crippen LogP contribution in [-0.4, -0.2) is 15.2 Å². The van der Waals surface area contributed by atoms with Crippen molar-refractivity contribution in [3.05, 3.63) is 109 Å². The van der Waals surface area contributed by atoms with Gasteiger partial charge in [0.15, 0.2) is 0 Å². The molecule has 0 unspecified atom stereocenters. The number of hydrogen-bond acceptors (Lipinski definition) is 2. The fourth-order valence-electron chi connectivity index (χ4n) is 6.54. The van der Waals surface area contributed by atoms with E-state index in [0.717, 1.165) is 17.1 Å². The maximum Gasteiger partial charge on any atom is 0.0992 e. The van der Waals surface area contributed by atoms with Crippen LogP contribution in [0.3, 0.4) is 0 Å². The van der Waals surface area contributed by atoms with Gasteiger partial charge in [0, 0.05) is 33.3 Å². The lowest BCUT2D eigenvalue weighted by atomic mass is 10.0. The summed E-state index contributed by atoms with van der Waals surface area (Å²) in [6.45, 7) is 4.45. The molecular formula is C34H24N4. The molecule has 4 nitrogen and oxygen atoms in total. The molecule has 0 atom stereocenters. The van der Waals surface area contributed by atoms with E-state index < -0.39 is 0 Å². The Morgan fingerprint density at radius 1 is 0.605 bits per heavy atom. The van der Waals surface area contributed by atoms with Crippen LogP contribution in [0.25, 0.3) is 55.0 Å². The molecule has 0 aliphatic carbocycles. The van der Waals surface area contributed by atoms with Crippen LogP contribution < -0.4 is 4.90 Å². The molecule has 0 N–H and O–H groups in total. The summed E-state index contributed by atoms with van der Waals surface area (Å²) in [7, 11) is 0. The summed E-state index contributed by atoms with van der Waals surface area (Å²) < 4.78 is 4.80. The number of nitriles is 1. The summed E-state index contributed by atoms with van der Waals surface area (Å²) in [4.78, 5) is 2.41. The lowest BCUT2D eigenvalue weighted by Gasteiger charge is -2.36. The quantitative estimate of drug-likeness (QED) is 0.244. The van der Waals surface area contributed by atoms with Gasteiger partial charge < -0.3 is 14.0 Å². The molecule has 4 heteroatoms. The molecule has 0 saturated heterocycles. The van der Waals surface area contributed by atoms with E-state index in [0.29, 0.717) is 5.56 Å². The monoisotopic (exact) mass is 488 g/mol. The maximum atomic E-state index is 9.75. The summed E-state index contributed by atoms with van der Waals surface area (Å²) in [5, 5.41) is 14.8. The number of anilines is 2. The van der Waals surface area contributed by atoms with Gasteiger partial charge in [-0.15, -0.1) is 0 Å². The van der Waals surface area contributed by atoms with Crippen LogP contribution in [0.15, 0.2) is 103 Å². The molecule has 0 spiro atoms. The molecule has 0 amide bonds. The third-order valence-corrected chi connectivity index (χ3v) is 7.95. The van der Waals surface area contributed by atoms with Crippen molar-refractivity contribution in [2.24, 2.45) is 0 Å². The summed E-state index contributed by atoms with van der Waals surface area (Å²) in [5.74, 6) is 0. The molecule has 1 aliphatic heterocycles. The van der Waals surface area contributed by atoms with Crippen LogP contribution >= 0.6 is 0 Å². The number of rotatable bonds is 2. The fourth-order valence-corrected chi connectivity index (χ4v) is 6.54. The van der Waals surface area contributed by atoms with Crippen molar-refractivity contribution in [2.75, 3.05) is 4.90 Å². The van der Waals surface area contributed by atoms with E-state index in [9.17, 15) is 5.26 Å². The second-order valence-electron chi connectivity index (χ2n) is 10.3. The molecule has 7 aromatic rings. The van der Waals surface area contributed by atoms with Gasteiger partial charge >= 0.3 is 0 Å². The smallest absolute Gasteiger partial charge is 0.0992 e. The Hall–Kier alpha value is -5.01. The molecule has 38 heavy (non-hydrogen) atoms. The van der Waals surface area contributed by atoms with Crippen molar-refractivity contribution in [1.82, 2.24) is 9.13 Å². The van der Waals surface area contributed by atoms with Crippen LogP contribution in [0.5, 0.6) is 0 Å². The summed E-state index contributed by atoms with van der Waals surface area (Å²) >= 11 is 0. The minimum Gasteiger partial charge on any atom is -0.335 e. The fraction of sp³-hybridized carbons (Fsp3) is 0.0882. The zero-order chi connectivity index (χ0) is 25.5. The standard InChI is InChI=1S/C34H24N4/c1-21(2)36-29-18-22(20-35)16-17-28(29)38-27-15-9-7-13-25(27)33-32-24-12-6-8-14-26(24)37(23-10-4-3-5-11-23)30(32)19-31(36)34(33)38/h3-19,21H,1-2H3. The van der Waals surface area contributed by atoms with Gasteiger partial charge in [-0.2, -0.15) is 5.26 Å². The van der Waals surface area contributed by atoms with Crippen LogP contribution in [0, 0.1) is 11.3 Å². The van der Waals surface area contributed by atoms with Gasteiger partial charge in [-0.1, -0.05) is 54.6 Å². The first-order valence-electron chi connectivity index (χ1n) is 13.1. The molecule has 0 radical (unpaired) electrons. The Morgan fingerprint density at radius 3 is 1.97 bits per heavy atom. The molecule has 0 bridgehead atoms. The molecule has 3 heterocycles. The van der Waals surface area contributed by atoms with Gasteiger partial charge in [-0.3, -0.25) is 0 Å². The largest absolute Gasteiger partial charge is 0.335 e. The van der Waals surface area contributed by atoms with Crippen molar-refractivity contribution >= 4 is 55.0 Å². The molecule has 5 aromatic carbocycles. The highest BCUT2D eigenvalue weighted by atomic mass is 15.2. The maximum absolute atomic E-state index is 9.75. The zero-order valence-corrected chi connectivity index (χ0v) is 21.2. The van der Waals surface area contributed by atoms with Crippen LogP contribution in [0.4, 0.5) is 11.4 Å². The SMILES string of the molecule is CC(C)N1c2cc(C#N)ccc2-n2c3ccccc3c3c4c5ccccc5n(-c5ccccc5)c4cc1c32. The average Bonchev–Trinajstić information content (AvgIpc) is 3.47. The highest BCUT2D eigenvalue weighted by molar-refractivity contribution is 6.32. The first-order valence-corrected chi connectivity index (χ1v) is 13.1. The van der Waals surface area contributed by atoms with Crippen molar-refractivity contribution < 1.29 is 0 Å². The molecule has 180 valence electrons. The summed E-state index contributed by atoms with van der Waals surface area (Å²) in [6, 6.07) is 39.1. The molecule has 2 aromatic heterocycles. The van der Waals surface area contributed by atoms with E-state index in [-0.39, 0.29) is 6.04 Å². The van der Waals surface area contributed by atoms with Gasteiger partial charge in [-0.05, 0) is 62.4 Å².